The fraction of sp³-hybridized carbons (Fsp3) is 0.357. The number of thiazole rings is 1. The Morgan fingerprint density at radius 1 is 1.50 bits per heavy atom. The minimum absolute atomic E-state index is 0.374. The molecule has 1 aromatic heterocycles. The Balaban J connectivity index is 0.000000182. The average Bonchev–Trinajstić information content (AvgIpc) is 3.06. The first kappa shape index (κ1) is 18.3. The normalized spacial score (nSPS) is 13.9. The number of hydrogen-bond donors (Lipinski definition) is 3. The summed E-state index contributed by atoms with van der Waals surface area (Å²) in [6, 6.07) is 8.11. The van der Waals surface area contributed by atoms with Crippen LogP contribution >= 0.6 is 23.6 Å². The summed E-state index contributed by atoms with van der Waals surface area (Å²) in [7, 11) is 0. The number of para-hydroxylation sites is 1. The van der Waals surface area contributed by atoms with E-state index in [9.17, 15) is 0 Å². The van der Waals surface area contributed by atoms with Crippen LogP contribution in [0.1, 0.15) is 13.8 Å². The Kier molecular flexibility index (Phi) is 7.72. The molecule has 1 unspecified atom stereocenters. The molecule has 1 aromatic carbocycles. The summed E-state index contributed by atoms with van der Waals surface area (Å²) >= 11 is 6.59. The van der Waals surface area contributed by atoms with Crippen LogP contribution in [0.25, 0.3) is 10.2 Å². The largest absolute Gasteiger partial charge is 0.481 e. The van der Waals surface area contributed by atoms with E-state index in [4.69, 9.17) is 27.2 Å². The summed E-state index contributed by atoms with van der Waals surface area (Å²) in [5, 5.41) is 16.3. The third kappa shape index (κ3) is 6.79. The number of hydrogen-bond acceptors (Lipinski definition) is 6. The van der Waals surface area contributed by atoms with Gasteiger partial charge in [-0.3, -0.25) is 9.79 Å². The van der Waals surface area contributed by atoms with Gasteiger partial charge < -0.3 is 20.1 Å². The zero-order valence-electron chi connectivity index (χ0n) is 12.4. The lowest BCUT2D eigenvalue weighted by molar-refractivity contribution is -0.134. The number of aliphatic hydroxyl groups excluding tert-OH is 1. The number of rotatable bonds is 1. The second-order valence-electron chi connectivity index (χ2n) is 4.42. The molecule has 0 radical (unpaired) electrons. The number of nitrogens with zero attached hydrogens (tertiary/aromatic N) is 2. The molecule has 0 saturated carbocycles. The van der Waals surface area contributed by atoms with E-state index in [0.717, 1.165) is 29.5 Å². The highest BCUT2D eigenvalue weighted by atomic mass is 32.1. The van der Waals surface area contributed by atoms with Crippen LogP contribution in [-0.2, 0) is 4.79 Å². The highest BCUT2D eigenvalue weighted by molar-refractivity contribution is 7.73. The van der Waals surface area contributed by atoms with Crippen molar-refractivity contribution in [3.63, 3.8) is 0 Å². The van der Waals surface area contributed by atoms with Crippen LogP contribution in [0.4, 0.5) is 0 Å². The molecular formula is C14H19N3O3S2. The molecule has 2 aromatic rings. The minimum atomic E-state index is -0.833. The van der Waals surface area contributed by atoms with Crippen LogP contribution in [-0.4, -0.2) is 51.7 Å². The number of nitrogens with one attached hydrogen (secondary N) is 1. The van der Waals surface area contributed by atoms with Crippen molar-refractivity contribution < 1.29 is 15.0 Å². The van der Waals surface area contributed by atoms with E-state index in [0.29, 0.717) is 0 Å². The maximum atomic E-state index is 9.00. The van der Waals surface area contributed by atoms with Gasteiger partial charge >= 0.3 is 0 Å². The Morgan fingerprint density at radius 2 is 2.14 bits per heavy atom. The molecule has 6 nitrogen and oxygen atoms in total. The first-order valence-electron chi connectivity index (χ1n) is 6.61. The van der Waals surface area contributed by atoms with Gasteiger partial charge in [-0.25, -0.2) is 0 Å². The molecule has 22 heavy (non-hydrogen) atoms. The highest BCUT2D eigenvalue weighted by Gasteiger charge is 2.08. The smallest absolute Gasteiger partial charge is 0.300 e. The summed E-state index contributed by atoms with van der Waals surface area (Å²) in [5.41, 5.74) is 1.14. The molecule has 1 aliphatic heterocycles. The van der Waals surface area contributed by atoms with Gasteiger partial charge in [-0.1, -0.05) is 12.1 Å². The molecule has 8 heteroatoms. The molecule has 0 fully saturated rings. The lowest BCUT2D eigenvalue weighted by Crippen LogP contribution is -2.29. The first-order valence-corrected chi connectivity index (χ1v) is 7.83. The maximum Gasteiger partial charge on any atom is 0.300 e. The fourth-order valence-corrected chi connectivity index (χ4v) is 2.69. The Hall–Kier alpha value is -1.77. The Morgan fingerprint density at radius 3 is 2.59 bits per heavy atom. The van der Waals surface area contributed by atoms with Gasteiger partial charge in [0.05, 0.1) is 23.1 Å². The summed E-state index contributed by atoms with van der Waals surface area (Å²) < 4.78 is 2.08. The van der Waals surface area contributed by atoms with Crippen LogP contribution in [0, 0.1) is 3.95 Å². The maximum absolute atomic E-state index is 9.00. The van der Waals surface area contributed by atoms with Gasteiger partial charge in [0.15, 0.2) is 3.95 Å². The van der Waals surface area contributed by atoms with E-state index >= 15 is 0 Å². The summed E-state index contributed by atoms with van der Waals surface area (Å²) in [6.45, 7) is 4.50. The SMILES string of the molecule is CC(=O)O.CC(O)N1C=NCC1.S=c1[nH]c2ccccc2s1. The fourth-order valence-electron chi connectivity index (χ4n) is 1.57. The number of carboxylic acids is 1. The van der Waals surface area contributed by atoms with Crippen LogP contribution < -0.4 is 0 Å². The lowest BCUT2D eigenvalue weighted by Gasteiger charge is -2.16. The second-order valence-corrected chi connectivity index (χ2v) is 6.14. The molecule has 1 aliphatic rings. The number of aromatic amines is 1. The van der Waals surface area contributed by atoms with E-state index in [1.54, 1.807) is 29.5 Å². The van der Waals surface area contributed by atoms with Crippen LogP contribution in [0.2, 0.25) is 0 Å². The zero-order valence-corrected chi connectivity index (χ0v) is 14.0. The predicted molar refractivity (Wildman–Crippen MR) is 92.1 cm³/mol. The number of aliphatic carboxylic acids is 1. The number of H-pyrrole nitrogens is 1. The molecule has 0 aliphatic carbocycles. The quantitative estimate of drug-likeness (QED) is 0.694. The number of fused-ring (bicyclic) bond motifs is 1. The molecule has 3 N–H and O–H groups in total. The van der Waals surface area contributed by atoms with E-state index in [-0.39, 0.29) is 6.23 Å². The van der Waals surface area contributed by atoms with Crippen molar-refractivity contribution >= 4 is 46.1 Å². The van der Waals surface area contributed by atoms with Crippen LogP contribution in [0.5, 0.6) is 0 Å². The van der Waals surface area contributed by atoms with E-state index in [2.05, 4.69) is 16.0 Å². The molecule has 0 saturated heterocycles. The summed E-state index contributed by atoms with van der Waals surface area (Å²) in [6.07, 6.45) is 1.31. The van der Waals surface area contributed by atoms with Crippen molar-refractivity contribution in [2.75, 3.05) is 13.1 Å². The van der Waals surface area contributed by atoms with Crippen LogP contribution in [0.15, 0.2) is 29.3 Å². The molecule has 0 spiro atoms. The van der Waals surface area contributed by atoms with Crippen LogP contribution in [0.3, 0.4) is 0 Å². The molecule has 0 amide bonds. The van der Waals surface area contributed by atoms with Crippen molar-refractivity contribution in [1.29, 1.82) is 0 Å². The topological polar surface area (TPSA) is 88.9 Å². The first-order chi connectivity index (χ1) is 10.4. The lowest BCUT2D eigenvalue weighted by atomic mass is 10.3. The second kappa shape index (κ2) is 9.29. The number of carbonyl (C=O) groups is 1. The van der Waals surface area contributed by atoms with E-state index in [1.807, 2.05) is 18.2 Å². The van der Waals surface area contributed by atoms with Crippen molar-refractivity contribution in [3.8, 4) is 0 Å². The van der Waals surface area contributed by atoms with Gasteiger partial charge in [0.2, 0.25) is 0 Å². The van der Waals surface area contributed by atoms with E-state index in [1.165, 1.54) is 4.70 Å². The average molecular weight is 341 g/mol. The number of aliphatic imine (C=N–C) groups is 1. The van der Waals surface area contributed by atoms with Gasteiger partial charge in [-0.2, -0.15) is 0 Å². The number of carboxylic acid groups (broad SMARTS) is 1. The highest BCUT2D eigenvalue weighted by Crippen LogP contribution is 2.17. The number of aromatic nitrogens is 1. The predicted octanol–water partition coefficient (Wildman–Crippen LogP) is 2.72. The van der Waals surface area contributed by atoms with Gasteiger partial charge in [0.25, 0.3) is 5.97 Å². The number of benzene rings is 1. The summed E-state index contributed by atoms with van der Waals surface area (Å²) in [5.74, 6) is -0.833. The van der Waals surface area contributed by atoms with E-state index < -0.39 is 5.97 Å². The monoisotopic (exact) mass is 341 g/mol. The van der Waals surface area contributed by atoms with Crippen molar-refractivity contribution in [2.24, 2.45) is 4.99 Å². The Bertz CT molecular complexity index is 639. The molecular weight excluding hydrogens is 322 g/mol. The van der Waals surface area contributed by atoms with Crippen molar-refractivity contribution in [3.05, 3.63) is 28.2 Å². The number of aliphatic hydroxyl groups is 1. The minimum Gasteiger partial charge on any atom is -0.481 e. The third-order valence-electron chi connectivity index (χ3n) is 2.52. The third-order valence-corrected chi connectivity index (χ3v) is 3.74. The summed E-state index contributed by atoms with van der Waals surface area (Å²) in [4.78, 5) is 17.8. The molecule has 1 atom stereocenters. The molecule has 3 rings (SSSR count). The molecule has 0 bridgehead atoms. The van der Waals surface area contributed by atoms with Crippen molar-refractivity contribution in [2.45, 2.75) is 20.1 Å². The van der Waals surface area contributed by atoms with Gasteiger partial charge in [-0.05, 0) is 31.3 Å². The van der Waals surface area contributed by atoms with Crippen molar-refractivity contribution in [1.82, 2.24) is 9.88 Å². The van der Waals surface area contributed by atoms with Gasteiger partial charge in [0.1, 0.15) is 6.23 Å². The van der Waals surface area contributed by atoms with Gasteiger partial charge in [0, 0.05) is 13.5 Å². The zero-order chi connectivity index (χ0) is 16.5. The van der Waals surface area contributed by atoms with Gasteiger partial charge in [-0.15, -0.1) is 11.3 Å². The Labute approximate surface area is 137 Å². The standard InChI is InChI=1S/C7H5NS2.C5H10N2O.C2H4O2/c9-7-8-5-3-1-2-4-6(5)10-7;1-5(8)7-3-2-6-4-7;1-2(3)4/h1-4H,(H,8,9);4-5,8H,2-3H2,1H3;1H3,(H,3,4). The molecule has 2 heterocycles. The molecule has 120 valence electrons.